The Labute approximate surface area is 117 Å². The van der Waals surface area contributed by atoms with E-state index in [-0.39, 0.29) is 11.9 Å². The molecule has 1 aromatic heterocycles. The molecule has 0 bridgehead atoms. The Bertz CT molecular complexity index is 475. The molecule has 0 saturated carbocycles. The van der Waals surface area contributed by atoms with Crippen LogP contribution in [0.5, 0.6) is 0 Å². The molecule has 104 valence electrons. The van der Waals surface area contributed by atoms with Crippen LogP contribution in [-0.4, -0.2) is 35.0 Å². The summed E-state index contributed by atoms with van der Waals surface area (Å²) in [5, 5.41) is 8.56. The molecule has 0 radical (unpaired) electrons. The first kappa shape index (κ1) is 15.4. The minimum absolute atomic E-state index is 0.00586. The van der Waals surface area contributed by atoms with E-state index in [1.54, 1.807) is 17.0 Å². The number of amides is 1. The first-order valence-electron chi connectivity index (χ1n) is 6.27. The van der Waals surface area contributed by atoms with Crippen LogP contribution in [0, 0.1) is 0 Å². The number of carbonyl (C=O) groups is 2. The average Bonchev–Trinajstić information content (AvgIpc) is 2.85. The highest BCUT2D eigenvalue weighted by Gasteiger charge is 2.19. The minimum Gasteiger partial charge on any atom is -0.478 e. The van der Waals surface area contributed by atoms with Crippen LogP contribution < -0.4 is 0 Å². The van der Waals surface area contributed by atoms with Crippen molar-refractivity contribution in [3.05, 3.63) is 28.0 Å². The number of thiophene rings is 1. The summed E-state index contributed by atoms with van der Waals surface area (Å²) >= 11 is 1.31. The standard InChI is InChI=1S/C14H19NO3S/c1-4-10(5-2)15(3)14(18)12-8-6-11(19-12)7-9-13(16)17/h6-10H,4-5H2,1-3H3,(H,16,17). The number of hydrogen-bond donors (Lipinski definition) is 1. The fraction of sp³-hybridized carbons (Fsp3) is 0.429. The molecule has 0 saturated heterocycles. The lowest BCUT2D eigenvalue weighted by molar-refractivity contribution is -0.131. The third-order valence-electron chi connectivity index (χ3n) is 3.04. The third kappa shape index (κ3) is 4.21. The molecule has 1 rings (SSSR count). The smallest absolute Gasteiger partial charge is 0.328 e. The van der Waals surface area contributed by atoms with Crippen molar-refractivity contribution in [2.24, 2.45) is 0 Å². The summed E-state index contributed by atoms with van der Waals surface area (Å²) in [6.45, 7) is 4.13. The fourth-order valence-corrected chi connectivity index (χ4v) is 2.78. The fourth-order valence-electron chi connectivity index (χ4n) is 1.89. The number of hydrogen-bond acceptors (Lipinski definition) is 3. The van der Waals surface area contributed by atoms with Gasteiger partial charge < -0.3 is 10.0 Å². The van der Waals surface area contributed by atoms with Crippen molar-refractivity contribution in [2.45, 2.75) is 32.7 Å². The molecule has 1 aromatic rings. The molecule has 0 aliphatic heterocycles. The molecular formula is C14H19NO3S. The van der Waals surface area contributed by atoms with E-state index in [1.807, 2.05) is 7.05 Å². The Morgan fingerprint density at radius 2 is 2.00 bits per heavy atom. The van der Waals surface area contributed by atoms with Crippen molar-refractivity contribution in [3.63, 3.8) is 0 Å². The van der Waals surface area contributed by atoms with Crippen molar-refractivity contribution in [2.75, 3.05) is 7.05 Å². The van der Waals surface area contributed by atoms with E-state index in [2.05, 4.69) is 13.8 Å². The van der Waals surface area contributed by atoms with Crippen LogP contribution >= 0.6 is 11.3 Å². The molecule has 1 amide bonds. The maximum Gasteiger partial charge on any atom is 0.328 e. The second-order valence-electron chi connectivity index (χ2n) is 4.26. The van der Waals surface area contributed by atoms with Gasteiger partial charge in [0.1, 0.15) is 0 Å². The zero-order chi connectivity index (χ0) is 14.4. The molecule has 5 heteroatoms. The van der Waals surface area contributed by atoms with Gasteiger partial charge in [-0.05, 0) is 31.1 Å². The van der Waals surface area contributed by atoms with Crippen molar-refractivity contribution in [1.82, 2.24) is 4.90 Å². The minimum atomic E-state index is -0.990. The summed E-state index contributed by atoms with van der Waals surface area (Å²) in [7, 11) is 1.81. The molecule has 19 heavy (non-hydrogen) atoms. The predicted octanol–water partition coefficient (Wildman–Crippen LogP) is 3.11. The molecule has 0 aliphatic carbocycles. The summed E-state index contributed by atoms with van der Waals surface area (Å²) in [5.74, 6) is -0.996. The van der Waals surface area contributed by atoms with Gasteiger partial charge in [-0.25, -0.2) is 4.79 Å². The monoisotopic (exact) mass is 281 g/mol. The summed E-state index contributed by atoms with van der Waals surface area (Å²) in [6, 6.07) is 3.75. The Hall–Kier alpha value is -1.62. The SMILES string of the molecule is CCC(CC)N(C)C(=O)c1ccc(C=CC(=O)O)s1. The lowest BCUT2D eigenvalue weighted by Gasteiger charge is -2.25. The van der Waals surface area contributed by atoms with Crippen molar-refractivity contribution in [3.8, 4) is 0 Å². The highest BCUT2D eigenvalue weighted by Crippen LogP contribution is 2.21. The Kier molecular flexibility index (Phi) is 5.76. The van der Waals surface area contributed by atoms with Gasteiger partial charge in [0.15, 0.2) is 0 Å². The van der Waals surface area contributed by atoms with Crippen LogP contribution in [0.4, 0.5) is 0 Å². The Morgan fingerprint density at radius 3 is 2.53 bits per heavy atom. The van der Waals surface area contributed by atoms with E-state index in [4.69, 9.17) is 5.11 Å². The van der Waals surface area contributed by atoms with Gasteiger partial charge in [0.2, 0.25) is 0 Å². The van der Waals surface area contributed by atoms with Gasteiger partial charge in [-0.2, -0.15) is 0 Å². The molecule has 0 spiro atoms. The average molecular weight is 281 g/mol. The van der Waals surface area contributed by atoms with Crippen LogP contribution in [-0.2, 0) is 4.79 Å². The predicted molar refractivity (Wildman–Crippen MR) is 77.5 cm³/mol. The van der Waals surface area contributed by atoms with Crippen LogP contribution in [0.3, 0.4) is 0 Å². The van der Waals surface area contributed by atoms with Crippen LogP contribution in [0.25, 0.3) is 6.08 Å². The molecular weight excluding hydrogens is 262 g/mol. The topological polar surface area (TPSA) is 57.6 Å². The molecule has 0 aliphatic rings. The van der Waals surface area contributed by atoms with Crippen molar-refractivity contribution >= 4 is 29.3 Å². The van der Waals surface area contributed by atoms with Gasteiger partial charge in [-0.1, -0.05) is 13.8 Å². The number of nitrogens with zero attached hydrogens (tertiary/aromatic N) is 1. The zero-order valence-corrected chi connectivity index (χ0v) is 12.2. The summed E-state index contributed by atoms with van der Waals surface area (Å²) in [4.78, 5) is 25.8. The Morgan fingerprint density at radius 1 is 1.37 bits per heavy atom. The molecule has 0 unspecified atom stereocenters. The summed E-state index contributed by atoms with van der Waals surface area (Å²) < 4.78 is 0. The molecule has 0 fully saturated rings. The normalized spacial score (nSPS) is 11.2. The number of carboxylic acids is 1. The van der Waals surface area contributed by atoms with Crippen LogP contribution in [0.2, 0.25) is 0 Å². The molecule has 1 heterocycles. The van der Waals surface area contributed by atoms with Crippen molar-refractivity contribution < 1.29 is 14.7 Å². The zero-order valence-electron chi connectivity index (χ0n) is 11.4. The number of carboxylic acid groups (broad SMARTS) is 1. The summed E-state index contributed by atoms with van der Waals surface area (Å²) in [6.07, 6.45) is 4.43. The highest BCUT2D eigenvalue weighted by molar-refractivity contribution is 7.14. The van der Waals surface area contributed by atoms with E-state index in [0.29, 0.717) is 4.88 Å². The molecule has 0 atom stereocenters. The van der Waals surface area contributed by atoms with E-state index in [1.165, 1.54) is 17.4 Å². The maximum atomic E-state index is 12.3. The van der Waals surface area contributed by atoms with Gasteiger partial charge >= 0.3 is 5.97 Å². The van der Waals surface area contributed by atoms with Gasteiger partial charge in [-0.15, -0.1) is 11.3 Å². The quantitative estimate of drug-likeness (QED) is 0.815. The second kappa shape index (κ2) is 7.09. The van der Waals surface area contributed by atoms with Crippen LogP contribution in [0.1, 0.15) is 41.2 Å². The second-order valence-corrected chi connectivity index (χ2v) is 5.38. The lowest BCUT2D eigenvalue weighted by Crippen LogP contribution is -2.35. The Balaban J connectivity index is 2.81. The van der Waals surface area contributed by atoms with Crippen molar-refractivity contribution in [1.29, 1.82) is 0 Å². The first-order valence-corrected chi connectivity index (χ1v) is 7.09. The number of rotatable bonds is 6. The summed E-state index contributed by atoms with van der Waals surface area (Å²) in [5.41, 5.74) is 0. The van der Waals surface area contributed by atoms with Gasteiger partial charge in [-0.3, -0.25) is 4.79 Å². The third-order valence-corrected chi connectivity index (χ3v) is 4.08. The van der Waals surface area contributed by atoms with Gasteiger partial charge in [0.05, 0.1) is 4.88 Å². The van der Waals surface area contributed by atoms with E-state index in [9.17, 15) is 9.59 Å². The van der Waals surface area contributed by atoms with E-state index in [0.717, 1.165) is 23.8 Å². The number of carbonyl (C=O) groups excluding carboxylic acids is 1. The van der Waals surface area contributed by atoms with E-state index < -0.39 is 5.97 Å². The van der Waals surface area contributed by atoms with Crippen LogP contribution in [0.15, 0.2) is 18.2 Å². The maximum absolute atomic E-state index is 12.3. The van der Waals surface area contributed by atoms with Gasteiger partial charge in [0, 0.05) is 24.0 Å². The largest absolute Gasteiger partial charge is 0.478 e. The lowest BCUT2D eigenvalue weighted by atomic mass is 10.1. The molecule has 4 nitrogen and oxygen atoms in total. The highest BCUT2D eigenvalue weighted by atomic mass is 32.1. The van der Waals surface area contributed by atoms with Gasteiger partial charge in [0.25, 0.3) is 5.91 Å². The molecule has 0 aromatic carbocycles. The molecule has 1 N–H and O–H groups in total. The first-order chi connectivity index (χ1) is 8.99. The number of aliphatic carboxylic acids is 1. The van der Waals surface area contributed by atoms with E-state index >= 15 is 0 Å².